The molecule has 1 saturated carbocycles. The van der Waals surface area contributed by atoms with Crippen LogP contribution < -0.4 is 4.74 Å². The lowest BCUT2D eigenvalue weighted by atomic mass is 9.96. The highest BCUT2D eigenvalue weighted by atomic mass is 32.1. The Morgan fingerprint density at radius 1 is 1.37 bits per heavy atom. The zero-order valence-corrected chi connectivity index (χ0v) is 16.7. The summed E-state index contributed by atoms with van der Waals surface area (Å²) < 4.78 is 7.93. The summed E-state index contributed by atoms with van der Waals surface area (Å²) in [6.07, 6.45) is 3.01. The van der Waals surface area contributed by atoms with Crippen molar-refractivity contribution < 1.29 is 9.53 Å². The Labute approximate surface area is 164 Å². The van der Waals surface area contributed by atoms with Gasteiger partial charge in [-0.25, -0.2) is 0 Å². The second-order valence-electron chi connectivity index (χ2n) is 7.48. The Bertz CT molecular complexity index is 873. The lowest BCUT2D eigenvalue weighted by Gasteiger charge is -2.32. The van der Waals surface area contributed by atoms with Crippen LogP contribution in [0, 0.1) is 10.7 Å². The van der Waals surface area contributed by atoms with Crippen LogP contribution in [0.3, 0.4) is 0 Å². The third-order valence-electron chi connectivity index (χ3n) is 5.85. The zero-order chi connectivity index (χ0) is 19.0. The van der Waals surface area contributed by atoms with Crippen molar-refractivity contribution in [2.45, 2.75) is 44.6 Å². The molecule has 1 N–H and O–H groups in total. The Morgan fingerprint density at radius 2 is 2.15 bits per heavy atom. The quantitative estimate of drug-likeness (QED) is 0.799. The Kier molecular flexibility index (Phi) is 5.04. The van der Waals surface area contributed by atoms with E-state index in [9.17, 15) is 4.79 Å². The first-order chi connectivity index (χ1) is 13.1. The molecule has 2 aliphatic rings. The van der Waals surface area contributed by atoms with Crippen molar-refractivity contribution in [1.82, 2.24) is 19.7 Å². The standard InChI is InChI=1S/C20H26N4O2S/c1-3-24-18(21-22-20(24)27)14-5-4-10-23(12-14)19(25)17-11-16(17)13-6-8-15(26-2)9-7-13/h6-9,14,16-17H,3-5,10-12H2,1-2H3,(H,22,27). The Balaban J connectivity index is 1.42. The molecule has 0 spiro atoms. The number of amides is 1. The number of aromatic amines is 1. The van der Waals surface area contributed by atoms with Crippen LogP contribution in [-0.2, 0) is 11.3 Å². The van der Waals surface area contributed by atoms with E-state index in [1.165, 1.54) is 5.56 Å². The predicted molar refractivity (Wildman–Crippen MR) is 105 cm³/mol. The van der Waals surface area contributed by atoms with Crippen LogP contribution in [0.15, 0.2) is 24.3 Å². The molecule has 1 aliphatic carbocycles. The molecule has 144 valence electrons. The number of hydrogen-bond donors (Lipinski definition) is 1. The van der Waals surface area contributed by atoms with Gasteiger partial charge in [0.05, 0.1) is 7.11 Å². The molecule has 1 saturated heterocycles. The van der Waals surface area contributed by atoms with Crippen LogP contribution in [0.25, 0.3) is 0 Å². The van der Waals surface area contributed by atoms with Gasteiger partial charge in [-0.1, -0.05) is 12.1 Å². The molecule has 1 aromatic heterocycles. The number of benzene rings is 1. The summed E-state index contributed by atoms with van der Waals surface area (Å²) in [5.74, 6) is 2.85. The average Bonchev–Trinajstić information content (AvgIpc) is 3.42. The molecule has 2 heterocycles. The lowest BCUT2D eigenvalue weighted by Crippen LogP contribution is -2.40. The van der Waals surface area contributed by atoms with E-state index in [4.69, 9.17) is 17.0 Å². The molecule has 0 bridgehead atoms. The van der Waals surface area contributed by atoms with Gasteiger partial charge in [0.25, 0.3) is 0 Å². The van der Waals surface area contributed by atoms with E-state index < -0.39 is 0 Å². The molecular weight excluding hydrogens is 360 g/mol. The van der Waals surface area contributed by atoms with Crippen LogP contribution in [0.4, 0.5) is 0 Å². The molecule has 3 unspecified atom stereocenters. The lowest BCUT2D eigenvalue weighted by molar-refractivity contribution is -0.133. The number of piperidine rings is 1. The SMILES string of the molecule is CCn1c(C2CCCN(C(=O)C3CC3c3ccc(OC)cc3)C2)n[nH]c1=S. The molecule has 27 heavy (non-hydrogen) atoms. The molecule has 6 nitrogen and oxygen atoms in total. The van der Waals surface area contributed by atoms with Crippen LogP contribution in [0.1, 0.15) is 49.4 Å². The number of ether oxygens (including phenoxy) is 1. The van der Waals surface area contributed by atoms with Crippen LogP contribution in [0.5, 0.6) is 5.75 Å². The predicted octanol–water partition coefficient (Wildman–Crippen LogP) is 3.48. The first-order valence-corrected chi connectivity index (χ1v) is 10.1. The van der Waals surface area contributed by atoms with Crippen LogP contribution in [-0.4, -0.2) is 45.8 Å². The van der Waals surface area contributed by atoms with Gasteiger partial charge < -0.3 is 14.2 Å². The van der Waals surface area contributed by atoms with Crippen LogP contribution >= 0.6 is 12.2 Å². The summed E-state index contributed by atoms with van der Waals surface area (Å²) in [6, 6.07) is 8.10. The molecule has 1 aromatic carbocycles. The molecular formula is C20H26N4O2S. The summed E-state index contributed by atoms with van der Waals surface area (Å²) in [4.78, 5) is 15.1. The van der Waals surface area contributed by atoms with E-state index >= 15 is 0 Å². The summed E-state index contributed by atoms with van der Waals surface area (Å²) >= 11 is 5.32. The number of carbonyl (C=O) groups is 1. The number of nitrogens with zero attached hydrogens (tertiary/aromatic N) is 3. The highest BCUT2D eigenvalue weighted by molar-refractivity contribution is 7.71. The third kappa shape index (κ3) is 3.52. The molecule has 4 rings (SSSR count). The number of rotatable bonds is 5. The van der Waals surface area contributed by atoms with Gasteiger partial charge in [-0.2, -0.15) is 5.10 Å². The number of hydrogen-bond acceptors (Lipinski definition) is 4. The van der Waals surface area contributed by atoms with Gasteiger partial charge in [0, 0.05) is 31.5 Å². The molecule has 1 aliphatic heterocycles. The number of likely N-dealkylation sites (tertiary alicyclic amines) is 1. The monoisotopic (exact) mass is 386 g/mol. The zero-order valence-electron chi connectivity index (χ0n) is 15.9. The minimum Gasteiger partial charge on any atom is -0.497 e. The van der Waals surface area contributed by atoms with Gasteiger partial charge in [0.1, 0.15) is 11.6 Å². The molecule has 1 amide bonds. The van der Waals surface area contributed by atoms with E-state index in [0.717, 1.165) is 50.5 Å². The Morgan fingerprint density at radius 3 is 2.85 bits per heavy atom. The van der Waals surface area contributed by atoms with Crippen molar-refractivity contribution >= 4 is 18.1 Å². The average molecular weight is 387 g/mol. The summed E-state index contributed by atoms with van der Waals surface area (Å²) in [6.45, 7) is 4.46. The summed E-state index contributed by atoms with van der Waals surface area (Å²) in [5, 5.41) is 7.34. The highest BCUT2D eigenvalue weighted by Crippen LogP contribution is 2.49. The minimum atomic E-state index is 0.115. The van der Waals surface area contributed by atoms with Gasteiger partial charge in [-0.05, 0) is 62.0 Å². The molecule has 2 aromatic rings. The van der Waals surface area contributed by atoms with Crippen LogP contribution in [0.2, 0.25) is 0 Å². The highest BCUT2D eigenvalue weighted by Gasteiger charge is 2.46. The Hall–Kier alpha value is -2.15. The minimum absolute atomic E-state index is 0.115. The van der Waals surface area contributed by atoms with Gasteiger partial charge in [0.15, 0.2) is 4.77 Å². The van der Waals surface area contributed by atoms with E-state index in [1.54, 1.807) is 7.11 Å². The van der Waals surface area contributed by atoms with Crippen molar-refractivity contribution in [2.24, 2.45) is 5.92 Å². The van der Waals surface area contributed by atoms with Gasteiger partial charge in [-0.15, -0.1) is 0 Å². The van der Waals surface area contributed by atoms with E-state index in [1.807, 2.05) is 21.6 Å². The van der Waals surface area contributed by atoms with E-state index in [-0.39, 0.29) is 17.7 Å². The van der Waals surface area contributed by atoms with Crippen molar-refractivity contribution in [2.75, 3.05) is 20.2 Å². The number of methoxy groups -OCH3 is 1. The normalized spacial score (nSPS) is 24.7. The van der Waals surface area contributed by atoms with E-state index in [2.05, 4.69) is 29.3 Å². The largest absolute Gasteiger partial charge is 0.497 e. The summed E-state index contributed by atoms with van der Waals surface area (Å²) in [5.41, 5.74) is 1.23. The van der Waals surface area contributed by atoms with E-state index in [0.29, 0.717) is 10.7 Å². The van der Waals surface area contributed by atoms with Crippen molar-refractivity contribution in [3.05, 3.63) is 40.4 Å². The third-order valence-corrected chi connectivity index (χ3v) is 6.17. The maximum atomic E-state index is 13.0. The fourth-order valence-electron chi connectivity index (χ4n) is 4.26. The fourth-order valence-corrected chi connectivity index (χ4v) is 4.53. The topological polar surface area (TPSA) is 63.1 Å². The molecule has 7 heteroatoms. The van der Waals surface area contributed by atoms with Crippen molar-refractivity contribution in [3.63, 3.8) is 0 Å². The van der Waals surface area contributed by atoms with Crippen molar-refractivity contribution in [3.8, 4) is 5.75 Å². The molecule has 3 atom stereocenters. The smallest absolute Gasteiger partial charge is 0.226 e. The van der Waals surface area contributed by atoms with Gasteiger partial charge in [0.2, 0.25) is 5.91 Å². The van der Waals surface area contributed by atoms with Crippen molar-refractivity contribution in [1.29, 1.82) is 0 Å². The number of H-pyrrole nitrogens is 1. The second-order valence-corrected chi connectivity index (χ2v) is 7.86. The maximum Gasteiger partial charge on any atom is 0.226 e. The number of carbonyl (C=O) groups excluding carboxylic acids is 1. The molecule has 2 fully saturated rings. The van der Waals surface area contributed by atoms with Gasteiger partial charge >= 0.3 is 0 Å². The fraction of sp³-hybridized carbons (Fsp3) is 0.550. The summed E-state index contributed by atoms with van der Waals surface area (Å²) in [7, 11) is 1.67. The number of aromatic nitrogens is 3. The first kappa shape index (κ1) is 18.2. The van der Waals surface area contributed by atoms with Gasteiger partial charge in [-0.3, -0.25) is 9.89 Å². The second kappa shape index (κ2) is 7.46. The first-order valence-electron chi connectivity index (χ1n) is 9.70. The molecule has 0 radical (unpaired) electrons. The number of nitrogens with one attached hydrogen (secondary N) is 1. The maximum absolute atomic E-state index is 13.0.